The number of methoxy groups -OCH3 is 1. The maximum absolute atomic E-state index is 12.5. The van der Waals surface area contributed by atoms with Gasteiger partial charge < -0.3 is 10.1 Å². The fraction of sp³-hybridized carbons (Fsp3) is 0.316. The molecule has 2 aromatic carbocycles. The maximum Gasteiger partial charge on any atom is 0.243 e. The lowest BCUT2D eigenvalue weighted by molar-refractivity contribution is -0.121. The number of hydrogen-bond donors (Lipinski definition) is 1. The van der Waals surface area contributed by atoms with E-state index in [1.807, 2.05) is 30.3 Å². The van der Waals surface area contributed by atoms with Crippen LogP contribution in [-0.2, 0) is 14.8 Å². The summed E-state index contributed by atoms with van der Waals surface area (Å²) in [5.74, 6) is 0.866. The van der Waals surface area contributed by atoms with Crippen LogP contribution < -0.4 is 14.4 Å². The fourth-order valence-corrected chi connectivity index (χ4v) is 4.52. The molecule has 1 atom stereocenters. The topological polar surface area (TPSA) is 75.7 Å². The predicted molar refractivity (Wildman–Crippen MR) is 110 cm³/mol. The molecular weight excluding hydrogens is 384 g/mol. The molecule has 0 fully saturated rings. The minimum atomic E-state index is -3.65. The van der Waals surface area contributed by atoms with E-state index in [0.717, 1.165) is 15.5 Å². The van der Waals surface area contributed by atoms with Crippen molar-refractivity contribution >= 4 is 33.4 Å². The van der Waals surface area contributed by atoms with Crippen LogP contribution in [0.15, 0.2) is 59.5 Å². The summed E-state index contributed by atoms with van der Waals surface area (Å²) in [4.78, 5) is 13.6. The molecule has 0 bridgehead atoms. The zero-order valence-electron chi connectivity index (χ0n) is 15.6. The first-order valence-corrected chi connectivity index (χ1v) is 11.3. The third-order valence-corrected chi connectivity index (χ3v) is 6.06. The highest BCUT2D eigenvalue weighted by Gasteiger charge is 2.29. The second-order valence-corrected chi connectivity index (χ2v) is 8.92. The molecule has 1 N–H and O–H groups in total. The Kier molecular flexibility index (Phi) is 7.55. The molecule has 27 heavy (non-hydrogen) atoms. The fourth-order valence-electron chi connectivity index (χ4n) is 2.56. The van der Waals surface area contributed by atoms with Crippen molar-refractivity contribution in [3.63, 3.8) is 0 Å². The van der Waals surface area contributed by atoms with E-state index in [9.17, 15) is 13.2 Å². The molecule has 0 saturated carbocycles. The zero-order chi connectivity index (χ0) is 19.9. The average molecular weight is 409 g/mol. The van der Waals surface area contributed by atoms with E-state index in [1.165, 1.54) is 7.11 Å². The number of amides is 1. The van der Waals surface area contributed by atoms with Gasteiger partial charge in [-0.3, -0.25) is 9.10 Å². The van der Waals surface area contributed by atoms with Gasteiger partial charge in [-0.1, -0.05) is 24.3 Å². The van der Waals surface area contributed by atoms with Crippen LogP contribution in [0.2, 0.25) is 0 Å². The Hall–Kier alpha value is -2.19. The molecule has 0 aliphatic carbocycles. The van der Waals surface area contributed by atoms with Crippen LogP contribution in [-0.4, -0.2) is 46.0 Å². The number of benzene rings is 2. The van der Waals surface area contributed by atoms with Crippen LogP contribution in [0.5, 0.6) is 5.75 Å². The van der Waals surface area contributed by atoms with Crippen molar-refractivity contribution in [3.8, 4) is 5.75 Å². The normalized spacial score (nSPS) is 12.3. The van der Waals surface area contributed by atoms with Crippen LogP contribution >= 0.6 is 11.8 Å². The summed E-state index contributed by atoms with van der Waals surface area (Å²) in [6.07, 6.45) is 1.08. The molecule has 0 saturated heterocycles. The molecular formula is C19H24N2O4S2. The van der Waals surface area contributed by atoms with E-state index in [-0.39, 0.29) is 5.91 Å². The standard InChI is InChI=1S/C19H24N2O4S2/c1-15(19(22)20-12-13-26-18-10-5-4-6-11-18)21(27(3,23)24)16-8-7-9-17(14-16)25-2/h4-11,14-15H,12-13H2,1-3H3,(H,20,22)/t15-/m1/s1. The molecule has 0 aliphatic rings. The molecule has 8 heteroatoms. The second kappa shape index (κ2) is 9.66. The summed E-state index contributed by atoms with van der Waals surface area (Å²) >= 11 is 1.63. The predicted octanol–water partition coefficient (Wildman–Crippen LogP) is 2.76. The van der Waals surface area contributed by atoms with E-state index in [2.05, 4.69) is 5.32 Å². The van der Waals surface area contributed by atoms with Gasteiger partial charge in [-0.05, 0) is 31.2 Å². The number of thioether (sulfide) groups is 1. The van der Waals surface area contributed by atoms with Crippen molar-refractivity contribution in [3.05, 3.63) is 54.6 Å². The number of nitrogens with zero attached hydrogens (tertiary/aromatic N) is 1. The number of sulfonamides is 1. The Morgan fingerprint density at radius 3 is 2.52 bits per heavy atom. The zero-order valence-corrected chi connectivity index (χ0v) is 17.2. The SMILES string of the molecule is COc1cccc(N([C@H](C)C(=O)NCCSc2ccccc2)S(C)(=O)=O)c1. The number of anilines is 1. The van der Waals surface area contributed by atoms with Gasteiger partial charge in [0.15, 0.2) is 0 Å². The quantitative estimate of drug-likeness (QED) is 0.510. The lowest BCUT2D eigenvalue weighted by Gasteiger charge is -2.28. The van der Waals surface area contributed by atoms with Gasteiger partial charge in [0.05, 0.1) is 19.1 Å². The Morgan fingerprint density at radius 2 is 1.89 bits per heavy atom. The van der Waals surface area contributed by atoms with Crippen molar-refractivity contribution in [1.82, 2.24) is 5.32 Å². The molecule has 1 amide bonds. The van der Waals surface area contributed by atoms with Crippen LogP contribution in [0.25, 0.3) is 0 Å². The molecule has 2 rings (SSSR count). The van der Waals surface area contributed by atoms with Crippen LogP contribution in [0.1, 0.15) is 6.92 Å². The summed E-state index contributed by atoms with van der Waals surface area (Å²) in [6, 6.07) is 15.6. The monoisotopic (exact) mass is 408 g/mol. The van der Waals surface area contributed by atoms with E-state index in [4.69, 9.17) is 4.74 Å². The molecule has 0 spiro atoms. The number of carbonyl (C=O) groups is 1. The first-order chi connectivity index (χ1) is 12.8. The van der Waals surface area contributed by atoms with Crippen molar-refractivity contribution in [2.75, 3.05) is 30.0 Å². The van der Waals surface area contributed by atoms with Crippen molar-refractivity contribution in [1.29, 1.82) is 0 Å². The minimum Gasteiger partial charge on any atom is -0.497 e. The van der Waals surface area contributed by atoms with Crippen LogP contribution in [0.4, 0.5) is 5.69 Å². The minimum absolute atomic E-state index is 0.350. The number of carbonyl (C=O) groups excluding carboxylic acids is 1. The first-order valence-electron chi connectivity index (χ1n) is 8.42. The summed E-state index contributed by atoms with van der Waals surface area (Å²) in [6.45, 7) is 2.01. The molecule has 0 aliphatic heterocycles. The van der Waals surface area contributed by atoms with Gasteiger partial charge in [0, 0.05) is 23.3 Å². The lowest BCUT2D eigenvalue weighted by Crippen LogP contribution is -2.48. The van der Waals surface area contributed by atoms with E-state index < -0.39 is 16.1 Å². The summed E-state index contributed by atoms with van der Waals surface area (Å²) in [7, 11) is -2.14. The molecule has 0 heterocycles. The van der Waals surface area contributed by atoms with Crippen molar-refractivity contribution in [2.24, 2.45) is 0 Å². The molecule has 0 unspecified atom stereocenters. The summed E-state index contributed by atoms with van der Waals surface area (Å²) in [5.41, 5.74) is 0.387. The van der Waals surface area contributed by atoms with E-state index in [0.29, 0.717) is 23.7 Å². The summed E-state index contributed by atoms with van der Waals surface area (Å²) in [5, 5.41) is 2.81. The Labute approximate surface area is 165 Å². The van der Waals surface area contributed by atoms with Gasteiger partial charge in [0.2, 0.25) is 15.9 Å². The molecule has 6 nitrogen and oxygen atoms in total. The Balaban J connectivity index is 2.02. The number of nitrogens with one attached hydrogen (secondary N) is 1. The summed E-state index contributed by atoms with van der Waals surface area (Å²) < 4.78 is 30.8. The Bertz CT molecular complexity index is 857. The highest BCUT2D eigenvalue weighted by Crippen LogP contribution is 2.25. The largest absolute Gasteiger partial charge is 0.497 e. The Morgan fingerprint density at radius 1 is 1.19 bits per heavy atom. The molecule has 2 aromatic rings. The van der Waals surface area contributed by atoms with E-state index >= 15 is 0 Å². The third-order valence-electron chi connectivity index (χ3n) is 3.81. The maximum atomic E-state index is 12.5. The second-order valence-electron chi connectivity index (χ2n) is 5.89. The van der Waals surface area contributed by atoms with E-state index in [1.54, 1.807) is 43.0 Å². The number of hydrogen-bond acceptors (Lipinski definition) is 5. The molecule has 0 radical (unpaired) electrons. The smallest absolute Gasteiger partial charge is 0.243 e. The molecule has 146 valence electrons. The third kappa shape index (κ3) is 6.18. The van der Waals surface area contributed by atoms with Crippen LogP contribution in [0, 0.1) is 0 Å². The van der Waals surface area contributed by atoms with Gasteiger partial charge in [-0.2, -0.15) is 0 Å². The van der Waals surface area contributed by atoms with Crippen molar-refractivity contribution in [2.45, 2.75) is 17.9 Å². The van der Waals surface area contributed by atoms with Gasteiger partial charge in [0.25, 0.3) is 0 Å². The van der Waals surface area contributed by atoms with Gasteiger partial charge in [-0.25, -0.2) is 8.42 Å². The van der Waals surface area contributed by atoms with Gasteiger partial charge >= 0.3 is 0 Å². The van der Waals surface area contributed by atoms with Crippen LogP contribution in [0.3, 0.4) is 0 Å². The van der Waals surface area contributed by atoms with Gasteiger partial charge in [-0.15, -0.1) is 11.8 Å². The first kappa shape index (κ1) is 21.1. The number of ether oxygens (including phenoxy) is 1. The van der Waals surface area contributed by atoms with Crippen molar-refractivity contribution < 1.29 is 17.9 Å². The average Bonchev–Trinajstić information content (AvgIpc) is 2.65. The lowest BCUT2D eigenvalue weighted by atomic mass is 10.2. The van der Waals surface area contributed by atoms with Gasteiger partial charge in [0.1, 0.15) is 11.8 Å². The molecule has 0 aromatic heterocycles. The highest BCUT2D eigenvalue weighted by atomic mass is 32.2. The number of rotatable bonds is 9. The highest BCUT2D eigenvalue weighted by molar-refractivity contribution is 7.99.